The number of hydrogen-bond acceptors (Lipinski definition) is 14. The summed E-state index contributed by atoms with van der Waals surface area (Å²) in [4.78, 5) is 30.8. The van der Waals surface area contributed by atoms with E-state index in [-0.39, 0.29) is 0 Å². The number of unbranched alkanes of at least 4 members (excludes halogenated alkanes) is 32. The van der Waals surface area contributed by atoms with Gasteiger partial charge in [-0.05, 0) is 148 Å². The maximum atomic E-state index is 4.73. The summed E-state index contributed by atoms with van der Waals surface area (Å²) in [6.45, 7) is 23.2. The molecule has 0 saturated carbocycles. The maximum Gasteiger partial charge on any atom is 0.114 e. The zero-order valence-electron chi connectivity index (χ0n) is 89.6. The summed E-state index contributed by atoms with van der Waals surface area (Å²) in [5.41, 5.74) is 10.5. The molecule has 774 valence electrons. The number of benzene rings is 4. The Morgan fingerprint density at radius 1 is 0.284 bits per heavy atom. The molecule has 0 amide bonds. The van der Waals surface area contributed by atoms with Crippen LogP contribution in [0, 0.1) is 37.5 Å². The Morgan fingerprint density at radius 3 is 0.887 bits per heavy atom. The summed E-state index contributed by atoms with van der Waals surface area (Å²) in [6, 6.07) is 39.2. The van der Waals surface area contributed by atoms with Crippen molar-refractivity contribution in [1.29, 1.82) is 0 Å². The summed E-state index contributed by atoms with van der Waals surface area (Å²) < 4.78 is 22.2. The number of fused-ring (bicyclic) bond motifs is 6. The van der Waals surface area contributed by atoms with Gasteiger partial charge < -0.3 is 0 Å². The first-order valence-electron chi connectivity index (χ1n) is 55.8. The first-order chi connectivity index (χ1) is 68.5. The predicted octanol–water partition coefficient (Wildman–Crippen LogP) is 46.5. The molecule has 21 heteroatoms. The average Bonchev–Trinajstić information content (AvgIpc) is 1.57. The van der Waals surface area contributed by atoms with Crippen LogP contribution in [0.4, 0.5) is 0 Å². The summed E-state index contributed by atoms with van der Waals surface area (Å²) in [5.74, 6) is 3.23. The zero-order valence-corrected chi connectivity index (χ0v) is 110. The molecule has 4 aromatic carbocycles. The van der Waals surface area contributed by atoms with Crippen molar-refractivity contribution in [3.05, 3.63) is 136 Å². The van der Waals surface area contributed by atoms with Gasteiger partial charge in [-0.3, -0.25) is 0 Å². The van der Waals surface area contributed by atoms with Crippen molar-refractivity contribution < 1.29 is 0 Å². The van der Waals surface area contributed by atoms with Crippen molar-refractivity contribution in [2.45, 2.75) is 433 Å². The van der Waals surface area contributed by atoms with Gasteiger partial charge in [0, 0.05) is 75.1 Å². The largest absolute Gasteiger partial charge is 0.140 e. The van der Waals surface area contributed by atoms with Crippen LogP contribution in [0.3, 0.4) is 0 Å². The van der Waals surface area contributed by atoms with Crippen molar-refractivity contribution in [2.24, 2.45) is 23.7 Å². The number of halogens is 2. The van der Waals surface area contributed by atoms with Crippen molar-refractivity contribution in [3.63, 3.8) is 0 Å². The van der Waals surface area contributed by atoms with E-state index >= 15 is 0 Å². The molecule has 10 heterocycles. The minimum absolute atomic E-state index is 0.786. The molecule has 6 atom stereocenters. The number of rotatable bonds is 63. The van der Waals surface area contributed by atoms with E-state index in [2.05, 4.69) is 316 Å². The fourth-order valence-corrected chi connectivity index (χ4v) is 43.4. The van der Waals surface area contributed by atoms with Crippen molar-refractivity contribution in [1.82, 2.24) is 19.2 Å². The molecule has 14 rings (SSSR count). The Kier molecular flexibility index (Phi) is 55.3. The third kappa shape index (κ3) is 37.2. The van der Waals surface area contributed by atoms with E-state index < -0.39 is 36.8 Å². The van der Waals surface area contributed by atoms with Crippen LogP contribution in [0.15, 0.2) is 106 Å². The second-order valence-corrected chi connectivity index (χ2v) is 90.6. The SMILES string of the molecule is Brc1ccc(Br)c2snnc12.CCCCCCCCC(CCCCCC)Cc1ccc(-c2c3c[c]([Sn]([CH3])([CH3])[CH3])sc3c(-c3ccc(CC(CCCCCC)CCCCCCCC)s3)c3c[c]([Sn]([CH3])([CH3])[CH3])sc23)s1.CCCCCCCCC(CCCCCC)Cc1ccc(-c2c3cc(-c4ccc(C)c5snnc45)sc3c(-c3ccc(CC(CCCCCC)CCCCCCCC)s3)c3cc(C)sc23)s1.PPP. The first kappa shape index (κ1) is 120. The minimum atomic E-state index is -2.39. The van der Waals surface area contributed by atoms with Crippen molar-refractivity contribution in [2.75, 3.05) is 0 Å². The van der Waals surface area contributed by atoms with Crippen molar-refractivity contribution >= 4 is 275 Å². The first-order valence-corrected chi connectivity index (χ1v) is 90.1. The summed E-state index contributed by atoms with van der Waals surface area (Å²) in [5, 5.41) is 14.7. The van der Waals surface area contributed by atoms with E-state index in [0.717, 1.165) is 56.3 Å². The molecule has 0 bridgehead atoms. The quantitative estimate of drug-likeness (QED) is 0.0217. The molecule has 141 heavy (non-hydrogen) atoms. The van der Waals surface area contributed by atoms with Crippen LogP contribution >= 0.6 is 171 Å². The Bertz CT molecular complexity index is 5560. The van der Waals surface area contributed by atoms with E-state index in [1.54, 1.807) is 56.6 Å². The normalized spacial score (nSPS) is 12.9. The van der Waals surface area contributed by atoms with E-state index in [9.17, 15) is 0 Å². The zero-order chi connectivity index (χ0) is 100. The van der Waals surface area contributed by atoms with Gasteiger partial charge in [0.15, 0.2) is 0 Å². The van der Waals surface area contributed by atoms with Crippen LogP contribution in [0.5, 0.6) is 0 Å². The molecule has 0 aliphatic heterocycles. The van der Waals surface area contributed by atoms with Gasteiger partial charge in [-0.25, -0.2) is 0 Å². The molecule has 0 saturated heterocycles. The molecule has 0 aliphatic carbocycles. The Morgan fingerprint density at radius 2 is 0.560 bits per heavy atom. The fraction of sp³-hybridized carbons (Fsp3) is 0.600. The minimum Gasteiger partial charge on any atom is -0.140 e. The van der Waals surface area contributed by atoms with Gasteiger partial charge in [-0.1, -0.05) is 316 Å². The van der Waals surface area contributed by atoms with Gasteiger partial charge in [-0.2, -0.15) is 0 Å². The average molecular weight is 2490 g/mol. The number of aryl methyl sites for hydroxylation is 2. The van der Waals surface area contributed by atoms with Gasteiger partial charge >= 0.3 is 306 Å². The topological polar surface area (TPSA) is 51.6 Å². The van der Waals surface area contributed by atoms with Crippen molar-refractivity contribution in [3.8, 4) is 52.2 Å². The third-order valence-electron chi connectivity index (χ3n) is 29.0. The molecule has 0 radical (unpaired) electrons. The van der Waals surface area contributed by atoms with Gasteiger partial charge in [0.2, 0.25) is 0 Å². The molecular formula is C120H177Br2N4P3S10Sn2. The number of hydrogen-bond donors (Lipinski definition) is 0. The molecule has 10 aromatic heterocycles. The van der Waals surface area contributed by atoms with E-state index in [1.165, 1.54) is 433 Å². The smallest absolute Gasteiger partial charge is 0.114 e. The number of aromatic nitrogens is 4. The van der Waals surface area contributed by atoms with Gasteiger partial charge in [0.25, 0.3) is 0 Å². The summed E-state index contributed by atoms with van der Waals surface area (Å²) in [6.07, 6.45) is 71.6. The molecule has 0 aliphatic rings. The monoisotopic (exact) mass is 2480 g/mol. The number of thiophene rings is 8. The molecule has 0 N–H and O–H groups in total. The van der Waals surface area contributed by atoms with E-state index in [0.29, 0.717) is 0 Å². The second kappa shape index (κ2) is 64.9. The summed E-state index contributed by atoms with van der Waals surface area (Å²) >= 11 is 21.8. The molecular weight excluding hydrogens is 2310 g/mol. The third-order valence-corrected chi connectivity index (χ3v) is 60.1. The Balaban J connectivity index is 0.000000236. The van der Waals surface area contributed by atoms with Crippen LogP contribution in [0.1, 0.15) is 394 Å². The molecule has 14 aromatic rings. The molecule has 4 nitrogen and oxygen atoms in total. The fourth-order valence-electron chi connectivity index (χ4n) is 20.8. The van der Waals surface area contributed by atoms with Crippen LogP contribution < -0.4 is 5.79 Å². The molecule has 0 fully saturated rings. The molecule has 0 spiro atoms. The van der Waals surface area contributed by atoms with Crippen LogP contribution in [0.25, 0.3) is 113 Å². The van der Waals surface area contributed by atoms with Crippen LogP contribution in [-0.4, -0.2) is 55.9 Å². The van der Waals surface area contributed by atoms with E-state index in [1.807, 2.05) is 34.8 Å². The van der Waals surface area contributed by atoms with Gasteiger partial charge in [-0.15, -0.1) is 73.4 Å². The van der Waals surface area contributed by atoms with Crippen LogP contribution in [0.2, 0.25) is 29.6 Å². The Labute approximate surface area is 927 Å². The van der Waals surface area contributed by atoms with Gasteiger partial charge in [0.1, 0.15) is 11.0 Å². The second-order valence-electron chi connectivity index (χ2n) is 43.2. The molecule has 6 unspecified atom stereocenters. The summed E-state index contributed by atoms with van der Waals surface area (Å²) in [7, 11) is 6.06. The van der Waals surface area contributed by atoms with Gasteiger partial charge in [0.05, 0.1) is 9.40 Å². The standard InChI is InChI=1S/C58H80N2S5.C50H72S4.C6H2Br2N2S.6CH3.H5P3.2Sn/c1-7-11-15-19-21-25-29-43(27-23-17-13-9-3)38-45-32-35-50(62-45)53-48-37-42(6)61-57(48)54(49-40-52(64-58(49)53)47-34-31-41(5)56-55(47)59-60-65-56)51-36-33-46(63-51)39-44(28-24-18-14-10-4)30-26-22-20-16-12-8-2;1-5-9-13-17-19-23-27-39(25-21-15-11-7-3)37-41-29-31-45(53-41)47-43-33-35-52-50(43)48(44-34-36-51-49(44)47)46-32-30-42(54-46)38-40(26-22-16-12-8-4)28-24-20-18-14-10-6-2;7-3-1-2-4(8)6-5(3)9-10-11-6;;;;;;;1-3-2;;/h31-37,40,43-44H,7-30,38-39H2,1-6H3;29-34,39-40H,5-28,37-38H2,1-4H3;1-2H;6*1H3;3H,1-2H2;;. The maximum absolute atomic E-state index is 4.73. The predicted molar refractivity (Wildman–Crippen MR) is 676 cm³/mol. The van der Waals surface area contributed by atoms with Crippen LogP contribution in [-0.2, 0) is 25.7 Å². The number of nitrogens with zero attached hydrogens (tertiary/aromatic N) is 4. The van der Waals surface area contributed by atoms with E-state index in [4.69, 9.17) is 5.10 Å². The Hall–Kier alpha value is -0.993.